The summed E-state index contributed by atoms with van der Waals surface area (Å²) >= 11 is 6.53. The van der Waals surface area contributed by atoms with E-state index in [9.17, 15) is 9.70 Å². The van der Waals surface area contributed by atoms with Crippen LogP contribution in [0.4, 0.5) is 5.69 Å². The Balaban J connectivity index is 0.000000232. The van der Waals surface area contributed by atoms with Crippen LogP contribution >= 0.6 is 31.9 Å². The van der Waals surface area contributed by atoms with Crippen molar-refractivity contribution in [1.29, 1.82) is 0 Å². The summed E-state index contributed by atoms with van der Waals surface area (Å²) in [6.45, 7) is 5.98. The predicted molar refractivity (Wildman–Crippen MR) is 122 cm³/mol. The first-order valence-corrected chi connectivity index (χ1v) is 13.1. The Morgan fingerprint density at radius 1 is 1.03 bits per heavy atom. The van der Waals surface area contributed by atoms with Crippen LogP contribution < -0.4 is 5.69 Å². The summed E-state index contributed by atoms with van der Waals surface area (Å²) in [5.41, 5.74) is 8.69. The summed E-state index contributed by atoms with van der Waals surface area (Å²) in [6.07, 6.45) is 0. The SMILES string of the molecule is C[Si](C)(C)N=[N+]=[N-].O=Nc1ccc(Br)cc1.O=c1[nH]nnn1-c1ccc(Br)cc1. The number of tetrazole rings is 1. The Morgan fingerprint density at radius 2 is 1.55 bits per heavy atom. The topological polar surface area (TPSA) is 142 Å². The molecule has 3 rings (SSSR count). The van der Waals surface area contributed by atoms with Crippen molar-refractivity contribution in [2.24, 2.45) is 9.96 Å². The number of nitrogens with one attached hydrogen (secondary N) is 1. The Bertz CT molecular complexity index is 1010. The molecule has 1 heterocycles. The molecule has 0 aliphatic carbocycles. The molecule has 2 aromatic carbocycles. The van der Waals surface area contributed by atoms with Gasteiger partial charge in [-0.2, -0.15) is 4.68 Å². The fourth-order valence-electron chi connectivity index (χ4n) is 1.59. The van der Waals surface area contributed by atoms with Gasteiger partial charge in [0.1, 0.15) is 13.9 Å². The van der Waals surface area contributed by atoms with Gasteiger partial charge in [-0.05, 0) is 74.6 Å². The van der Waals surface area contributed by atoms with E-state index in [1.54, 1.807) is 36.4 Å². The van der Waals surface area contributed by atoms with E-state index in [2.05, 4.69) is 62.3 Å². The number of nitrogens with zero attached hydrogens (tertiary/aromatic N) is 7. The molecule has 0 atom stereocenters. The van der Waals surface area contributed by atoms with Crippen LogP contribution in [-0.2, 0) is 0 Å². The zero-order chi connectivity index (χ0) is 21.9. The standard InChI is InChI=1S/C7H5BrN4O.C6H4BrNO.C3H9N3Si/c8-5-1-3-6(4-2-5)12-7(13)9-10-11-12;7-5-1-3-6(8-9)4-2-5;1-7(2,3)6-5-4/h1-4H,(H,9,11,13);1-4H;1-3H3. The quantitative estimate of drug-likeness (QED) is 0.149. The maximum absolute atomic E-state index is 11.1. The smallest absolute Gasteiger partial charge is 0.244 e. The number of aromatic nitrogens is 4. The lowest BCUT2D eigenvalue weighted by molar-refractivity contribution is 0.779. The van der Waals surface area contributed by atoms with Gasteiger partial charge in [-0.1, -0.05) is 51.5 Å². The van der Waals surface area contributed by atoms with Crippen molar-refractivity contribution in [3.05, 3.63) is 83.3 Å². The fraction of sp³-hybridized carbons (Fsp3) is 0.188. The average molecular weight is 542 g/mol. The van der Waals surface area contributed by atoms with Gasteiger partial charge in [-0.15, -0.1) is 9.69 Å². The van der Waals surface area contributed by atoms with E-state index in [4.69, 9.17) is 5.53 Å². The third kappa shape index (κ3) is 9.94. The van der Waals surface area contributed by atoms with E-state index in [0.717, 1.165) is 8.95 Å². The molecule has 3 aromatic rings. The summed E-state index contributed by atoms with van der Waals surface area (Å²) < 4.78 is 6.67. The highest BCUT2D eigenvalue weighted by Crippen LogP contribution is 2.15. The predicted octanol–water partition coefficient (Wildman–Crippen LogP) is 5.70. The maximum atomic E-state index is 11.1. The zero-order valence-electron chi connectivity index (χ0n) is 15.8. The highest BCUT2D eigenvalue weighted by atomic mass is 79.9. The van der Waals surface area contributed by atoms with Gasteiger partial charge in [0.2, 0.25) is 0 Å². The van der Waals surface area contributed by atoms with Crippen molar-refractivity contribution in [1.82, 2.24) is 20.2 Å². The molecular formula is C16H18Br2N8O2Si. The second-order valence-corrected chi connectivity index (χ2v) is 12.7. The molecule has 0 aliphatic heterocycles. The number of rotatable bonds is 3. The molecule has 29 heavy (non-hydrogen) atoms. The minimum absolute atomic E-state index is 0.345. The fourth-order valence-corrected chi connectivity index (χ4v) is 2.38. The van der Waals surface area contributed by atoms with E-state index in [0.29, 0.717) is 11.4 Å². The second kappa shape index (κ2) is 12.1. The first-order chi connectivity index (χ1) is 13.7. The van der Waals surface area contributed by atoms with Gasteiger partial charge in [-0.25, -0.2) is 9.89 Å². The molecule has 0 spiro atoms. The van der Waals surface area contributed by atoms with Crippen LogP contribution in [0.3, 0.4) is 0 Å². The van der Waals surface area contributed by atoms with E-state index in [1.165, 1.54) is 4.68 Å². The van der Waals surface area contributed by atoms with Crippen LogP contribution in [0.1, 0.15) is 0 Å². The minimum atomic E-state index is -1.45. The van der Waals surface area contributed by atoms with Crippen molar-refractivity contribution in [3.8, 4) is 5.69 Å². The third-order valence-electron chi connectivity index (χ3n) is 2.82. The monoisotopic (exact) mass is 540 g/mol. The number of benzene rings is 2. The van der Waals surface area contributed by atoms with Crippen LogP contribution in [0.5, 0.6) is 0 Å². The normalized spacial score (nSPS) is 9.83. The minimum Gasteiger partial charge on any atom is -0.244 e. The summed E-state index contributed by atoms with van der Waals surface area (Å²) in [4.78, 5) is 23.6. The van der Waals surface area contributed by atoms with Crippen molar-refractivity contribution >= 4 is 45.8 Å². The third-order valence-corrected chi connectivity index (χ3v) is 4.57. The Morgan fingerprint density at radius 3 is 1.90 bits per heavy atom. The number of aromatic amines is 1. The lowest BCUT2D eigenvalue weighted by atomic mass is 10.3. The van der Waals surface area contributed by atoms with Gasteiger partial charge >= 0.3 is 5.69 Å². The molecule has 0 unspecified atom stereocenters. The van der Waals surface area contributed by atoms with Crippen LogP contribution in [0, 0.1) is 4.91 Å². The van der Waals surface area contributed by atoms with Crippen LogP contribution in [0.15, 0.2) is 72.2 Å². The number of hydrogen-bond acceptors (Lipinski definition) is 6. The first kappa shape index (κ1) is 24.4. The number of azide groups is 1. The molecule has 10 nitrogen and oxygen atoms in total. The van der Waals surface area contributed by atoms with E-state index in [-0.39, 0.29) is 5.69 Å². The van der Waals surface area contributed by atoms with Crippen LogP contribution in [0.2, 0.25) is 19.6 Å². The molecule has 0 bridgehead atoms. The van der Waals surface area contributed by atoms with E-state index < -0.39 is 8.24 Å². The molecule has 0 amide bonds. The van der Waals surface area contributed by atoms with Gasteiger partial charge in [-0.3, -0.25) is 0 Å². The molecule has 0 saturated carbocycles. The van der Waals surface area contributed by atoms with Gasteiger partial charge in [0.25, 0.3) is 0 Å². The lowest BCUT2D eigenvalue weighted by Crippen LogP contribution is -2.15. The molecule has 152 valence electrons. The van der Waals surface area contributed by atoms with Crippen molar-refractivity contribution in [3.63, 3.8) is 0 Å². The molecular weight excluding hydrogens is 524 g/mol. The molecule has 0 aliphatic rings. The summed E-state index contributed by atoms with van der Waals surface area (Å²) in [5.74, 6) is 0. The van der Waals surface area contributed by atoms with Gasteiger partial charge in [0, 0.05) is 8.95 Å². The number of hydrogen-bond donors (Lipinski definition) is 1. The lowest BCUT2D eigenvalue weighted by Gasteiger charge is -2.01. The molecule has 1 aromatic heterocycles. The van der Waals surface area contributed by atoms with Gasteiger partial charge < -0.3 is 0 Å². The Kier molecular flexibility index (Phi) is 10.2. The Hall–Kier alpha value is -2.60. The van der Waals surface area contributed by atoms with Crippen LogP contribution in [0.25, 0.3) is 16.1 Å². The van der Waals surface area contributed by atoms with E-state index >= 15 is 0 Å². The van der Waals surface area contributed by atoms with Gasteiger partial charge in [0.15, 0.2) is 0 Å². The molecule has 1 N–H and O–H groups in total. The number of nitroso groups, excluding NO2 is 1. The molecule has 0 fully saturated rings. The first-order valence-electron chi connectivity index (χ1n) is 8.08. The Labute approximate surface area is 184 Å². The molecule has 0 saturated heterocycles. The van der Waals surface area contributed by atoms with Crippen molar-refractivity contribution < 1.29 is 0 Å². The van der Waals surface area contributed by atoms with Crippen LogP contribution in [-0.4, -0.2) is 28.4 Å². The van der Waals surface area contributed by atoms with E-state index in [1.807, 2.05) is 31.8 Å². The average Bonchev–Trinajstić information content (AvgIpc) is 3.09. The number of halogens is 2. The molecule has 0 radical (unpaired) electrons. The zero-order valence-corrected chi connectivity index (χ0v) is 20.0. The highest BCUT2D eigenvalue weighted by molar-refractivity contribution is 9.10. The second-order valence-electron chi connectivity index (χ2n) is 6.32. The summed E-state index contributed by atoms with van der Waals surface area (Å²) in [6, 6.07) is 14.1. The van der Waals surface area contributed by atoms with Gasteiger partial charge in [0.05, 0.1) is 5.69 Å². The van der Waals surface area contributed by atoms with Crippen molar-refractivity contribution in [2.75, 3.05) is 0 Å². The highest BCUT2D eigenvalue weighted by Gasteiger charge is 2.07. The van der Waals surface area contributed by atoms with Crippen molar-refractivity contribution in [2.45, 2.75) is 19.6 Å². The number of H-pyrrole nitrogens is 1. The largest absolute Gasteiger partial charge is 0.365 e. The summed E-state index contributed by atoms with van der Waals surface area (Å²) in [5, 5.41) is 11.9. The maximum Gasteiger partial charge on any atom is 0.365 e. The molecule has 13 heteroatoms. The summed E-state index contributed by atoms with van der Waals surface area (Å²) in [7, 11) is -1.45.